The Morgan fingerprint density at radius 3 is 2.04 bits per heavy atom. The molecule has 6 atom stereocenters. The third kappa shape index (κ3) is 5.07. The summed E-state index contributed by atoms with van der Waals surface area (Å²) in [6.45, 7) is 12.8. The zero-order valence-corrected chi connectivity index (χ0v) is 18.2. The Labute approximate surface area is 169 Å². The smallest absolute Gasteiger partial charge is 0.249 e. The lowest BCUT2D eigenvalue weighted by Gasteiger charge is -2.47. The zero-order chi connectivity index (χ0) is 20.5. The minimum atomic E-state index is -0.322. The van der Waals surface area contributed by atoms with Crippen LogP contribution in [0.2, 0.25) is 0 Å². The second kappa shape index (κ2) is 8.31. The van der Waals surface area contributed by atoms with Crippen LogP contribution < -0.4 is 10.6 Å². The maximum atomic E-state index is 12.7. The Hall–Kier alpha value is -1.14. The fraction of sp³-hybridized carbons (Fsp3) is 0.909. The molecule has 0 radical (unpaired) electrons. The van der Waals surface area contributed by atoms with Crippen LogP contribution in [0.5, 0.6) is 0 Å². The molecule has 28 heavy (non-hydrogen) atoms. The van der Waals surface area contributed by atoms with Gasteiger partial charge in [-0.2, -0.15) is 0 Å². The Kier molecular flexibility index (Phi) is 6.40. The Balaban J connectivity index is 1.58. The molecule has 0 aromatic heterocycles. The molecule has 2 heterocycles. The van der Waals surface area contributed by atoms with Crippen LogP contribution in [0.1, 0.15) is 66.7 Å². The molecule has 2 amide bonds. The molecule has 0 spiro atoms. The highest BCUT2D eigenvalue weighted by molar-refractivity contribution is 5.82. The molecule has 3 rings (SSSR count). The zero-order valence-electron chi connectivity index (χ0n) is 18.2. The highest BCUT2D eigenvalue weighted by Gasteiger charge is 2.43. The lowest BCUT2D eigenvalue weighted by Crippen LogP contribution is -2.53. The number of hydrogen-bond acceptors (Lipinski definition) is 4. The lowest BCUT2D eigenvalue weighted by molar-refractivity contribution is -0.134. The maximum absolute atomic E-state index is 12.7. The van der Waals surface area contributed by atoms with Gasteiger partial charge in [0.25, 0.3) is 0 Å². The van der Waals surface area contributed by atoms with Crippen LogP contribution in [-0.2, 0) is 19.1 Å². The van der Waals surface area contributed by atoms with E-state index in [4.69, 9.17) is 9.47 Å². The fourth-order valence-corrected chi connectivity index (χ4v) is 5.62. The van der Waals surface area contributed by atoms with E-state index in [9.17, 15) is 9.59 Å². The molecule has 3 aliphatic rings. The van der Waals surface area contributed by atoms with Gasteiger partial charge in [0.15, 0.2) is 0 Å². The third-order valence-corrected chi connectivity index (χ3v) is 6.77. The van der Waals surface area contributed by atoms with Crippen molar-refractivity contribution in [3.63, 3.8) is 0 Å². The first-order valence-electron chi connectivity index (χ1n) is 10.9. The number of ether oxygens (including phenoxy) is 2. The molecule has 160 valence electrons. The summed E-state index contributed by atoms with van der Waals surface area (Å²) in [5, 5.41) is 6.39. The standard InChI is InChI=1S/C22H38N2O4/c1-14-6-8-27-17(14)19(25)23-13-22(5)11-16(10-21(3,4)12-22)24-20(26)18-15(2)7-9-28-18/h14-18H,6-13H2,1-5H3,(H,23,25)(H,24,26)/t14-,15+,16-,17+,18+,22-/m1/s1. The molecule has 2 N–H and O–H groups in total. The Bertz CT molecular complexity index is 593. The quantitative estimate of drug-likeness (QED) is 0.752. The van der Waals surface area contributed by atoms with Crippen molar-refractivity contribution < 1.29 is 19.1 Å². The van der Waals surface area contributed by atoms with E-state index in [1.165, 1.54) is 0 Å². The predicted molar refractivity (Wildman–Crippen MR) is 108 cm³/mol. The van der Waals surface area contributed by atoms with Crippen molar-refractivity contribution in [3.05, 3.63) is 0 Å². The van der Waals surface area contributed by atoms with E-state index < -0.39 is 0 Å². The van der Waals surface area contributed by atoms with E-state index in [2.05, 4.69) is 45.3 Å². The molecule has 0 aromatic rings. The number of rotatable bonds is 5. The SMILES string of the molecule is C[C@@H]1CCO[C@@H]1C(=O)NC[C@]1(C)C[C@H](NC(=O)[C@H]2OCC[C@@H]2C)CC(C)(C)C1. The van der Waals surface area contributed by atoms with Gasteiger partial charge < -0.3 is 20.1 Å². The van der Waals surface area contributed by atoms with Crippen LogP contribution in [0, 0.1) is 22.7 Å². The molecule has 6 heteroatoms. The molecular weight excluding hydrogens is 356 g/mol. The molecule has 0 bridgehead atoms. The van der Waals surface area contributed by atoms with Crippen LogP contribution in [0.15, 0.2) is 0 Å². The molecular formula is C22H38N2O4. The van der Waals surface area contributed by atoms with Crippen LogP contribution in [0.25, 0.3) is 0 Å². The van der Waals surface area contributed by atoms with E-state index >= 15 is 0 Å². The van der Waals surface area contributed by atoms with Gasteiger partial charge in [-0.05, 0) is 54.8 Å². The minimum absolute atomic E-state index is 0.00312. The van der Waals surface area contributed by atoms with E-state index in [-0.39, 0.29) is 52.7 Å². The topological polar surface area (TPSA) is 76.7 Å². The van der Waals surface area contributed by atoms with Crippen molar-refractivity contribution in [1.82, 2.24) is 10.6 Å². The molecule has 0 unspecified atom stereocenters. The van der Waals surface area contributed by atoms with Crippen molar-refractivity contribution in [2.45, 2.75) is 85.0 Å². The van der Waals surface area contributed by atoms with Gasteiger partial charge in [0.05, 0.1) is 0 Å². The molecule has 1 saturated carbocycles. The van der Waals surface area contributed by atoms with Gasteiger partial charge in [-0.1, -0.05) is 34.6 Å². The van der Waals surface area contributed by atoms with Crippen molar-refractivity contribution in [2.24, 2.45) is 22.7 Å². The largest absolute Gasteiger partial charge is 0.368 e. The van der Waals surface area contributed by atoms with E-state index in [0.29, 0.717) is 19.8 Å². The summed E-state index contributed by atoms with van der Waals surface area (Å²) in [7, 11) is 0. The van der Waals surface area contributed by atoms with Gasteiger partial charge >= 0.3 is 0 Å². The monoisotopic (exact) mass is 394 g/mol. The van der Waals surface area contributed by atoms with E-state index in [1.54, 1.807) is 0 Å². The summed E-state index contributed by atoms with van der Waals surface area (Å²) in [5.41, 5.74) is 0.0499. The van der Waals surface area contributed by atoms with Crippen molar-refractivity contribution in [2.75, 3.05) is 19.8 Å². The van der Waals surface area contributed by atoms with Crippen molar-refractivity contribution >= 4 is 11.8 Å². The van der Waals surface area contributed by atoms with Crippen molar-refractivity contribution in [3.8, 4) is 0 Å². The van der Waals surface area contributed by atoms with Crippen LogP contribution in [-0.4, -0.2) is 49.8 Å². The molecule has 2 saturated heterocycles. The van der Waals surface area contributed by atoms with Gasteiger partial charge in [0.2, 0.25) is 11.8 Å². The van der Waals surface area contributed by atoms with Gasteiger partial charge in [-0.3, -0.25) is 9.59 Å². The van der Waals surface area contributed by atoms with Crippen LogP contribution in [0.4, 0.5) is 0 Å². The second-order valence-electron chi connectivity index (χ2n) is 10.6. The lowest BCUT2D eigenvalue weighted by atomic mass is 9.62. The summed E-state index contributed by atoms with van der Waals surface area (Å²) < 4.78 is 11.2. The first-order valence-corrected chi connectivity index (χ1v) is 10.9. The molecule has 6 nitrogen and oxygen atoms in total. The number of nitrogens with one attached hydrogen (secondary N) is 2. The third-order valence-electron chi connectivity index (χ3n) is 6.77. The number of carbonyl (C=O) groups is 2. The average molecular weight is 395 g/mol. The van der Waals surface area contributed by atoms with Crippen LogP contribution in [0.3, 0.4) is 0 Å². The molecule has 0 aromatic carbocycles. The minimum Gasteiger partial charge on any atom is -0.368 e. The van der Waals surface area contributed by atoms with Gasteiger partial charge in [-0.25, -0.2) is 0 Å². The summed E-state index contributed by atoms with van der Waals surface area (Å²) in [4.78, 5) is 25.2. The number of hydrogen-bond donors (Lipinski definition) is 2. The highest BCUT2D eigenvalue weighted by atomic mass is 16.5. The highest BCUT2D eigenvalue weighted by Crippen LogP contribution is 2.46. The number of amides is 2. The summed E-state index contributed by atoms with van der Waals surface area (Å²) in [6, 6.07) is 0.108. The van der Waals surface area contributed by atoms with E-state index in [0.717, 1.165) is 32.1 Å². The van der Waals surface area contributed by atoms with Gasteiger partial charge in [0.1, 0.15) is 12.2 Å². The van der Waals surface area contributed by atoms with Crippen molar-refractivity contribution in [1.29, 1.82) is 0 Å². The summed E-state index contributed by atoms with van der Waals surface area (Å²) in [6.07, 6.45) is 4.08. The first kappa shape index (κ1) is 21.6. The first-order chi connectivity index (χ1) is 13.1. The summed E-state index contributed by atoms with van der Waals surface area (Å²) >= 11 is 0. The molecule has 1 aliphatic carbocycles. The number of carbonyl (C=O) groups excluding carboxylic acids is 2. The normalized spacial score (nSPS) is 40.2. The van der Waals surface area contributed by atoms with Gasteiger partial charge in [0, 0.05) is 25.8 Å². The van der Waals surface area contributed by atoms with Crippen LogP contribution >= 0.6 is 0 Å². The molecule has 2 aliphatic heterocycles. The summed E-state index contributed by atoms with van der Waals surface area (Å²) in [5.74, 6) is 0.572. The second-order valence-corrected chi connectivity index (χ2v) is 10.6. The average Bonchev–Trinajstić information content (AvgIpc) is 3.19. The Morgan fingerprint density at radius 1 is 0.929 bits per heavy atom. The Morgan fingerprint density at radius 2 is 1.50 bits per heavy atom. The fourth-order valence-electron chi connectivity index (χ4n) is 5.62. The molecule has 3 fully saturated rings. The van der Waals surface area contributed by atoms with E-state index in [1.807, 2.05) is 0 Å². The van der Waals surface area contributed by atoms with Gasteiger partial charge in [-0.15, -0.1) is 0 Å². The predicted octanol–water partition coefficient (Wildman–Crippen LogP) is 2.65. The maximum Gasteiger partial charge on any atom is 0.249 e.